The molecule has 0 unspecified atom stereocenters. The molecule has 28 heavy (non-hydrogen) atoms. The van der Waals surface area contributed by atoms with E-state index in [1.54, 1.807) is 48.5 Å². The maximum Gasteiger partial charge on any atom is 0.274 e. The first-order valence-electron chi connectivity index (χ1n) is 8.50. The molecule has 0 aliphatic rings. The van der Waals surface area contributed by atoms with E-state index >= 15 is 0 Å². The maximum absolute atomic E-state index is 13.9. The highest BCUT2D eigenvalue weighted by molar-refractivity contribution is 6.30. The van der Waals surface area contributed by atoms with Crippen molar-refractivity contribution in [3.05, 3.63) is 89.0 Å². The summed E-state index contributed by atoms with van der Waals surface area (Å²) < 4.78 is 21.0. The van der Waals surface area contributed by atoms with Crippen LogP contribution in [-0.2, 0) is 0 Å². The minimum absolute atomic E-state index is 0.0849. The Kier molecular flexibility index (Phi) is 4.71. The van der Waals surface area contributed by atoms with Crippen LogP contribution in [0.1, 0.15) is 16.2 Å². The number of nitrogens with zero attached hydrogens (tertiary/aromatic N) is 2. The van der Waals surface area contributed by atoms with Gasteiger partial charge in [-0.15, -0.1) is 0 Å². The molecule has 4 rings (SSSR count). The van der Waals surface area contributed by atoms with Crippen LogP contribution in [0.25, 0.3) is 17.1 Å². The molecular formula is C21H15ClFN3O2. The first kappa shape index (κ1) is 18.0. The van der Waals surface area contributed by atoms with Crippen LogP contribution < -0.4 is 5.32 Å². The fraction of sp³-hybridized carbons (Fsp3) is 0.0476. The maximum atomic E-state index is 13.9. The van der Waals surface area contributed by atoms with Crippen molar-refractivity contribution in [1.29, 1.82) is 0 Å². The predicted molar refractivity (Wildman–Crippen MR) is 105 cm³/mol. The van der Waals surface area contributed by atoms with Gasteiger partial charge in [-0.25, -0.2) is 9.07 Å². The molecule has 4 aromatic rings. The Bertz CT molecular complexity index is 1170. The van der Waals surface area contributed by atoms with E-state index in [1.807, 2.05) is 13.0 Å². The quantitative estimate of drug-likeness (QED) is 0.497. The highest BCUT2D eigenvalue weighted by Gasteiger charge is 2.20. The minimum Gasteiger partial charge on any atom is -0.460 e. The van der Waals surface area contributed by atoms with E-state index in [1.165, 1.54) is 16.8 Å². The Labute approximate surface area is 165 Å². The Balaban J connectivity index is 1.79. The van der Waals surface area contributed by atoms with E-state index in [0.29, 0.717) is 22.2 Å². The standard InChI is InChI=1S/C21H15ClFN3O2/c1-13-9-10-20(28-13)18-12-19(21(27)24-17-8-3-2-7-16(17)23)26(25-18)15-6-4-5-14(22)11-15/h2-12H,1H3,(H,24,27). The summed E-state index contributed by atoms with van der Waals surface area (Å²) in [5.74, 6) is 0.224. The van der Waals surface area contributed by atoms with Gasteiger partial charge in [-0.2, -0.15) is 5.10 Å². The largest absolute Gasteiger partial charge is 0.460 e. The molecule has 2 aromatic carbocycles. The zero-order valence-electron chi connectivity index (χ0n) is 14.8. The third kappa shape index (κ3) is 3.54. The molecule has 1 amide bonds. The molecule has 2 aromatic heterocycles. The fourth-order valence-corrected chi connectivity index (χ4v) is 2.97. The highest BCUT2D eigenvalue weighted by Crippen LogP contribution is 2.25. The van der Waals surface area contributed by atoms with Crippen LogP contribution in [0.5, 0.6) is 0 Å². The number of furan rings is 1. The topological polar surface area (TPSA) is 60.1 Å². The number of hydrogen-bond donors (Lipinski definition) is 1. The molecule has 5 nitrogen and oxygen atoms in total. The molecule has 0 radical (unpaired) electrons. The van der Waals surface area contributed by atoms with Gasteiger partial charge < -0.3 is 9.73 Å². The molecule has 0 aliphatic carbocycles. The number of carbonyl (C=O) groups is 1. The van der Waals surface area contributed by atoms with Crippen molar-refractivity contribution in [2.45, 2.75) is 6.92 Å². The van der Waals surface area contributed by atoms with E-state index in [2.05, 4.69) is 10.4 Å². The van der Waals surface area contributed by atoms with Crippen molar-refractivity contribution < 1.29 is 13.6 Å². The lowest BCUT2D eigenvalue weighted by Gasteiger charge is -2.09. The summed E-state index contributed by atoms with van der Waals surface area (Å²) in [6.45, 7) is 1.82. The third-order valence-electron chi connectivity index (χ3n) is 4.11. The number of nitrogens with one attached hydrogen (secondary N) is 1. The average molecular weight is 396 g/mol. The van der Waals surface area contributed by atoms with Gasteiger partial charge in [-0.05, 0) is 49.4 Å². The molecule has 7 heteroatoms. The second kappa shape index (κ2) is 7.32. The smallest absolute Gasteiger partial charge is 0.274 e. The average Bonchev–Trinajstić information content (AvgIpc) is 3.30. The van der Waals surface area contributed by atoms with Gasteiger partial charge in [0.1, 0.15) is 23.0 Å². The van der Waals surface area contributed by atoms with Crippen molar-refractivity contribution >= 4 is 23.2 Å². The van der Waals surface area contributed by atoms with Crippen LogP contribution in [0, 0.1) is 12.7 Å². The second-order valence-corrected chi connectivity index (χ2v) is 6.59. The van der Waals surface area contributed by atoms with Crippen molar-refractivity contribution in [1.82, 2.24) is 9.78 Å². The Morgan fingerprint density at radius 1 is 1.11 bits per heavy atom. The number of benzene rings is 2. The van der Waals surface area contributed by atoms with Crippen LogP contribution in [0.4, 0.5) is 10.1 Å². The van der Waals surface area contributed by atoms with Crippen LogP contribution >= 0.6 is 11.6 Å². The number of halogens is 2. The molecule has 0 aliphatic heterocycles. The van der Waals surface area contributed by atoms with Crippen LogP contribution in [0.15, 0.2) is 71.1 Å². The van der Waals surface area contributed by atoms with Gasteiger partial charge in [-0.1, -0.05) is 29.8 Å². The number of aryl methyl sites for hydroxylation is 1. The normalized spacial score (nSPS) is 10.8. The number of anilines is 1. The number of aromatic nitrogens is 2. The summed E-state index contributed by atoms with van der Waals surface area (Å²) >= 11 is 6.09. The van der Waals surface area contributed by atoms with Gasteiger partial charge in [0.05, 0.1) is 11.4 Å². The summed E-state index contributed by atoms with van der Waals surface area (Å²) in [7, 11) is 0. The van der Waals surface area contributed by atoms with Crippen molar-refractivity contribution in [3.8, 4) is 17.1 Å². The zero-order valence-corrected chi connectivity index (χ0v) is 15.6. The summed E-state index contributed by atoms with van der Waals surface area (Å²) in [6, 6.07) is 18.1. The number of para-hydroxylation sites is 1. The molecule has 0 spiro atoms. The van der Waals surface area contributed by atoms with Crippen molar-refractivity contribution in [2.75, 3.05) is 5.32 Å². The van der Waals surface area contributed by atoms with Crippen molar-refractivity contribution in [3.63, 3.8) is 0 Å². The van der Waals surface area contributed by atoms with Crippen LogP contribution in [0.2, 0.25) is 5.02 Å². The van der Waals surface area contributed by atoms with E-state index in [0.717, 1.165) is 5.76 Å². The monoisotopic (exact) mass is 395 g/mol. The number of carbonyl (C=O) groups excluding carboxylic acids is 1. The number of rotatable bonds is 4. The van der Waals surface area contributed by atoms with E-state index in [-0.39, 0.29) is 11.4 Å². The number of amides is 1. The van der Waals surface area contributed by atoms with Gasteiger partial charge in [0.25, 0.3) is 5.91 Å². The van der Waals surface area contributed by atoms with E-state index in [4.69, 9.17) is 16.0 Å². The summed E-state index contributed by atoms with van der Waals surface area (Å²) in [4.78, 5) is 12.9. The molecular weight excluding hydrogens is 381 g/mol. The lowest BCUT2D eigenvalue weighted by atomic mass is 10.2. The second-order valence-electron chi connectivity index (χ2n) is 6.15. The molecule has 0 saturated carbocycles. The van der Waals surface area contributed by atoms with Gasteiger partial charge >= 0.3 is 0 Å². The first-order chi connectivity index (χ1) is 13.5. The molecule has 0 atom stereocenters. The SMILES string of the molecule is Cc1ccc(-c2cc(C(=O)Nc3ccccc3F)n(-c3cccc(Cl)c3)n2)o1. The predicted octanol–water partition coefficient (Wildman–Crippen LogP) is 5.49. The van der Waals surface area contributed by atoms with Gasteiger partial charge in [0.15, 0.2) is 5.76 Å². The summed E-state index contributed by atoms with van der Waals surface area (Å²) in [6.07, 6.45) is 0. The molecule has 2 heterocycles. The van der Waals surface area contributed by atoms with Crippen LogP contribution in [-0.4, -0.2) is 15.7 Å². The fourth-order valence-electron chi connectivity index (χ4n) is 2.79. The van der Waals surface area contributed by atoms with Crippen LogP contribution in [0.3, 0.4) is 0 Å². The number of hydrogen-bond acceptors (Lipinski definition) is 3. The zero-order chi connectivity index (χ0) is 19.7. The molecule has 0 saturated heterocycles. The molecule has 0 bridgehead atoms. The minimum atomic E-state index is -0.522. The third-order valence-corrected chi connectivity index (χ3v) is 4.34. The lowest BCUT2D eigenvalue weighted by Crippen LogP contribution is -2.17. The van der Waals surface area contributed by atoms with Crippen molar-refractivity contribution in [2.24, 2.45) is 0 Å². The molecule has 140 valence electrons. The van der Waals surface area contributed by atoms with E-state index in [9.17, 15) is 9.18 Å². The summed E-state index contributed by atoms with van der Waals surface area (Å²) in [5.41, 5.74) is 1.38. The van der Waals surface area contributed by atoms with Gasteiger partial charge in [0.2, 0.25) is 0 Å². The first-order valence-corrected chi connectivity index (χ1v) is 8.88. The molecule has 0 fully saturated rings. The van der Waals surface area contributed by atoms with Gasteiger partial charge in [0, 0.05) is 11.1 Å². The molecule has 1 N–H and O–H groups in total. The Morgan fingerprint density at radius 2 is 1.93 bits per heavy atom. The summed E-state index contributed by atoms with van der Waals surface area (Å²) in [5, 5.41) is 7.59. The van der Waals surface area contributed by atoms with Gasteiger partial charge in [-0.3, -0.25) is 4.79 Å². The highest BCUT2D eigenvalue weighted by atomic mass is 35.5. The van der Waals surface area contributed by atoms with E-state index < -0.39 is 11.7 Å². The Hall–Kier alpha value is -3.38. The lowest BCUT2D eigenvalue weighted by molar-refractivity contribution is 0.101. The Morgan fingerprint density at radius 3 is 2.64 bits per heavy atom.